The molecule has 0 bridgehead atoms. The van der Waals surface area contributed by atoms with E-state index in [1.807, 2.05) is 47.8 Å². The van der Waals surface area contributed by atoms with Crippen LogP contribution in [-0.4, -0.2) is 20.0 Å². The van der Waals surface area contributed by atoms with Gasteiger partial charge >= 0.3 is 0 Å². The van der Waals surface area contributed by atoms with Crippen molar-refractivity contribution in [1.29, 1.82) is 0 Å². The second-order valence-electron chi connectivity index (χ2n) is 6.05. The molecule has 0 radical (unpaired) electrons. The van der Waals surface area contributed by atoms with E-state index in [1.165, 1.54) is 22.5 Å². The van der Waals surface area contributed by atoms with E-state index in [0.29, 0.717) is 16.5 Å². The van der Waals surface area contributed by atoms with Gasteiger partial charge < -0.3 is 5.73 Å². The topological polar surface area (TPSA) is 69.6 Å². The van der Waals surface area contributed by atoms with Crippen molar-refractivity contribution < 1.29 is 0 Å². The van der Waals surface area contributed by atoms with E-state index < -0.39 is 0 Å². The van der Waals surface area contributed by atoms with Gasteiger partial charge in [0.15, 0.2) is 11.5 Å². The van der Waals surface area contributed by atoms with E-state index in [9.17, 15) is 0 Å². The molecule has 0 aliphatic carbocycles. The first-order valence-electron chi connectivity index (χ1n) is 8.03. The number of benzene rings is 2. The summed E-state index contributed by atoms with van der Waals surface area (Å²) < 4.78 is 1.64. The number of hydrogen-bond donors (Lipinski definition) is 1. The van der Waals surface area contributed by atoms with Crippen molar-refractivity contribution in [2.24, 2.45) is 0 Å². The molecule has 0 spiro atoms. The van der Waals surface area contributed by atoms with Crippen LogP contribution >= 0.6 is 22.9 Å². The average molecular weight is 382 g/mol. The van der Waals surface area contributed by atoms with E-state index in [1.54, 1.807) is 4.68 Å². The maximum absolute atomic E-state index is 6.31. The number of aryl methyl sites for hydroxylation is 2. The lowest BCUT2D eigenvalue weighted by Crippen LogP contribution is -2.03. The van der Waals surface area contributed by atoms with Gasteiger partial charge in [-0.25, -0.2) is 4.98 Å². The Hall–Kier alpha value is -2.70. The van der Waals surface area contributed by atoms with Gasteiger partial charge in [0.25, 0.3) is 0 Å². The van der Waals surface area contributed by atoms with Gasteiger partial charge in [-0.1, -0.05) is 35.0 Å². The lowest BCUT2D eigenvalue weighted by molar-refractivity contribution is 0.809. The highest BCUT2D eigenvalue weighted by molar-refractivity contribution is 7.13. The molecule has 2 heterocycles. The molecule has 7 heteroatoms. The fourth-order valence-corrected chi connectivity index (χ4v) is 3.57. The zero-order chi connectivity index (χ0) is 18.3. The van der Waals surface area contributed by atoms with Gasteiger partial charge in [-0.2, -0.15) is 4.68 Å². The van der Waals surface area contributed by atoms with Gasteiger partial charge in [0, 0.05) is 16.0 Å². The standard InChI is InChI=1S/C19H16ClN5S/c1-11-3-8-15(9-12(11)2)25-18(21)17(23-24-25)19-22-16(10-26-19)13-4-6-14(20)7-5-13/h3-10H,21H2,1-2H3. The smallest absolute Gasteiger partial charge is 0.165 e. The Labute approximate surface area is 160 Å². The number of halogens is 1. The fourth-order valence-electron chi connectivity index (χ4n) is 2.63. The molecule has 0 atom stereocenters. The highest BCUT2D eigenvalue weighted by Crippen LogP contribution is 2.32. The predicted molar refractivity (Wildman–Crippen MR) is 107 cm³/mol. The van der Waals surface area contributed by atoms with Crippen LogP contribution in [0.4, 0.5) is 5.82 Å². The van der Waals surface area contributed by atoms with Gasteiger partial charge in [0.2, 0.25) is 0 Å². The Morgan fingerprint density at radius 3 is 2.54 bits per heavy atom. The Morgan fingerprint density at radius 1 is 1.04 bits per heavy atom. The molecular weight excluding hydrogens is 366 g/mol. The highest BCUT2D eigenvalue weighted by atomic mass is 35.5. The van der Waals surface area contributed by atoms with Gasteiger partial charge in [0.05, 0.1) is 11.4 Å². The summed E-state index contributed by atoms with van der Waals surface area (Å²) in [6, 6.07) is 13.7. The van der Waals surface area contributed by atoms with Gasteiger partial charge in [-0.05, 0) is 49.2 Å². The molecular formula is C19H16ClN5S. The quantitative estimate of drug-likeness (QED) is 0.547. The lowest BCUT2D eigenvalue weighted by Gasteiger charge is -2.06. The molecule has 0 fully saturated rings. The summed E-state index contributed by atoms with van der Waals surface area (Å²) in [5.41, 5.74) is 12.1. The summed E-state index contributed by atoms with van der Waals surface area (Å²) >= 11 is 7.44. The SMILES string of the molecule is Cc1ccc(-n2nnc(-c3nc(-c4ccc(Cl)cc4)cs3)c2N)cc1C. The van der Waals surface area contributed by atoms with E-state index in [0.717, 1.165) is 22.0 Å². The van der Waals surface area contributed by atoms with E-state index in [4.69, 9.17) is 17.3 Å². The molecule has 0 saturated heterocycles. The number of nitrogens with two attached hydrogens (primary N) is 1. The largest absolute Gasteiger partial charge is 0.382 e. The minimum absolute atomic E-state index is 0.477. The minimum Gasteiger partial charge on any atom is -0.382 e. The molecule has 0 aliphatic rings. The molecule has 0 aliphatic heterocycles. The molecule has 5 nitrogen and oxygen atoms in total. The molecule has 130 valence electrons. The fraction of sp³-hybridized carbons (Fsp3) is 0.105. The number of rotatable bonds is 3. The molecule has 2 aromatic carbocycles. The summed E-state index contributed by atoms with van der Waals surface area (Å²) in [5.74, 6) is 0.477. The van der Waals surface area contributed by atoms with Crippen LogP contribution in [0, 0.1) is 13.8 Å². The highest BCUT2D eigenvalue weighted by Gasteiger charge is 2.17. The Kier molecular flexibility index (Phi) is 4.22. The number of nitrogen functional groups attached to an aromatic ring is 1. The summed E-state index contributed by atoms with van der Waals surface area (Å²) in [7, 11) is 0. The first-order valence-corrected chi connectivity index (χ1v) is 9.29. The number of anilines is 1. The third-order valence-electron chi connectivity index (χ3n) is 4.29. The van der Waals surface area contributed by atoms with Crippen LogP contribution in [0.25, 0.3) is 27.6 Å². The minimum atomic E-state index is 0.477. The Morgan fingerprint density at radius 2 is 1.81 bits per heavy atom. The molecule has 0 amide bonds. The van der Waals surface area contributed by atoms with Crippen LogP contribution in [0.15, 0.2) is 47.8 Å². The molecule has 4 rings (SSSR count). The maximum atomic E-state index is 6.31. The molecule has 26 heavy (non-hydrogen) atoms. The maximum Gasteiger partial charge on any atom is 0.165 e. The van der Waals surface area contributed by atoms with Gasteiger partial charge in [-0.15, -0.1) is 16.4 Å². The van der Waals surface area contributed by atoms with Crippen molar-refractivity contribution >= 4 is 28.8 Å². The number of aromatic nitrogens is 4. The third-order valence-corrected chi connectivity index (χ3v) is 5.39. The first kappa shape index (κ1) is 16.8. The molecule has 4 aromatic rings. The zero-order valence-electron chi connectivity index (χ0n) is 14.3. The van der Waals surface area contributed by atoms with Crippen LogP contribution in [0.2, 0.25) is 5.02 Å². The number of nitrogens with zero attached hydrogens (tertiary/aromatic N) is 4. The lowest BCUT2D eigenvalue weighted by atomic mass is 10.1. The van der Waals surface area contributed by atoms with Crippen molar-refractivity contribution in [2.45, 2.75) is 13.8 Å². The van der Waals surface area contributed by atoms with Crippen molar-refractivity contribution in [2.75, 3.05) is 5.73 Å². The summed E-state index contributed by atoms with van der Waals surface area (Å²) in [6.45, 7) is 4.13. The predicted octanol–water partition coefficient (Wildman–Crippen LogP) is 4.91. The second kappa shape index (κ2) is 6.55. The zero-order valence-corrected chi connectivity index (χ0v) is 15.8. The molecule has 2 aromatic heterocycles. The van der Waals surface area contributed by atoms with Crippen molar-refractivity contribution in [1.82, 2.24) is 20.0 Å². The summed E-state index contributed by atoms with van der Waals surface area (Å²) in [5, 5.41) is 11.9. The molecule has 0 saturated carbocycles. The monoisotopic (exact) mass is 381 g/mol. The molecule has 0 unspecified atom stereocenters. The van der Waals surface area contributed by atoms with Crippen molar-refractivity contribution in [3.8, 4) is 27.6 Å². The average Bonchev–Trinajstić information content (AvgIpc) is 3.25. The van der Waals surface area contributed by atoms with Crippen LogP contribution in [0.1, 0.15) is 11.1 Å². The normalized spacial score (nSPS) is 11.0. The number of thiazole rings is 1. The third kappa shape index (κ3) is 2.98. The van der Waals surface area contributed by atoms with E-state index in [2.05, 4.69) is 29.1 Å². The van der Waals surface area contributed by atoms with E-state index in [-0.39, 0.29) is 0 Å². The summed E-state index contributed by atoms with van der Waals surface area (Å²) in [6.07, 6.45) is 0. The van der Waals surface area contributed by atoms with Gasteiger partial charge in [0.1, 0.15) is 5.01 Å². The van der Waals surface area contributed by atoms with Crippen LogP contribution < -0.4 is 5.73 Å². The second-order valence-corrected chi connectivity index (χ2v) is 7.34. The molecule has 2 N–H and O–H groups in total. The first-order chi connectivity index (χ1) is 12.5. The Bertz CT molecular complexity index is 1080. The van der Waals surface area contributed by atoms with Crippen molar-refractivity contribution in [3.05, 3.63) is 64.0 Å². The van der Waals surface area contributed by atoms with Crippen LogP contribution in [0.5, 0.6) is 0 Å². The van der Waals surface area contributed by atoms with Gasteiger partial charge in [-0.3, -0.25) is 0 Å². The van der Waals surface area contributed by atoms with Crippen molar-refractivity contribution in [3.63, 3.8) is 0 Å². The van der Waals surface area contributed by atoms with E-state index >= 15 is 0 Å². The summed E-state index contributed by atoms with van der Waals surface area (Å²) in [4.78, 5) is 4.66. The van der Waals surface area contributed by atoms with Crippen LogP contribution in [-0.2, 0) is 0 Å². The van der Waals surface area contributed by atoms with Crippen LogP contribution in [0.3, 0.4) is 0 Å². The Balaban J connectivity index is 1.70. The number of hydrogen-bond acceptors (Lipinski definition) is 5.